The molecule has 7 atom stereocenters. The van der Waals surface area contributed by atoms with Gasteiger partial charge in [0.25, 0.3) is 0 Å². The van der Waals surface area contributed by atoms with Gasteiger partial charge in [0.2, 0.25) is 5.91 Å². The highest BCUT2D eigenvalue weighted by atomic mass is 31.3. The summed E-state index contributed by atoms with van der Waals surface area (Å²) in [4.78, 5) is 30.6. The van der Waals surface area contributed by atoms with Gasteiger partial charge >= 0.3 is 15.6 Å². The maximum absolute atomic E-state index is 12.1. The van der Waals surface area contributed by atoms with Gasteiger partial charge in [-0.1, -0.05) is 11.6 Å². The molecule has 28 heavy (non-hydrogen) atoms. The van der Waals surface area contributed by atoms with E-state index in [9.17, 15) is 39.0 Å². The van der Waals surface area contributed by atoms with Gasteiger partial charge in [0, 0.05) is 6.92 Å². The summed E-state index contributed by atoms with van der Waals surface area (Å²) in [6, 6.07) is -1.55. The van der Waals surface area contributed by atoms with E-state index in [0.717, 1.165) is 12.5 Å². The number of hydrogen-bond donors (Lipinski definition) is 6. The Morgan fingerprint density at radius 2 is 1.75 bits per heavy atom. The molecule has 0 spiro atoms. The molecular weight excluding hydrogens is 424 g/mol. The largest absolute Gasteiger partial charge is 0.483 e. The SMILES string of the molecule is CC(=O)N[C@H]1C(OP(=O)(O)OP(=O)(O)OCC=C(C)C)O[C@H](CO)[C@@H](O)[C@@H]1O. The molecule has 0 aromatic carbocycles. The topological polar surface area (TPSA) is 201 Å². The van der Waals surface area contributed by atoms with Crippen molar-refractivity contribution in [1.29, 1.82) is 0 Å². The van der Waals surface area contributed by atoms with Crippen LogP contribution in [0.2, 0.25) is 0 Å². The highest BCUT2D eigenvalue weighted by Gasteiger charge is 2.49. The molecule has 0 bridgehead atoms. The quantitative estimate of drug-likeness (QED) is 0.188. The Morgan fingerprint density at radius 3 is 2.25 bits per heavy atom. The Morgan fingerprint density at radius 1 is 1.14 bits per heavy atom. The lowest BCUT2D eigenvalue weighted by molar-refractivity contribution is -0.247. The Balaban J connectivity index is 2.92. The van der Waals surface area contributed by atoms with E-state index in [1.54, 1.807) is 13.8 Å². The number of carbonyl (C=O) groups is 1. The molecule has 0 aromatic heterocycles. The van der Waals surface area contributed by atoms with E-state index >= 15 is 0 Å². The smallest absolute Gasteiger partial charge is 0.394 e. The Bertz CT molecular complexity index is 666. The number of aliphatic hydroxyl groups is 3. The van der Waals surface area contributed by atoms with Crippen LogP contribution in [0.5, 0.6) is 0 Å². The van der Waals surface area contributed by atoms with Crippen molar-refractivity contribution in [3.05, 3.63) is 11.6 Å². The molecule has 1 saturated heterocycles. The van der Waals surface area contributed by atoms with Crippen molar-refractivity contribution in [3.8, 4) is 0 Å². The molecule has 0 radical (unpaired) electrons. The Kier molecular flexibility index (Phi) is 9.39. The number of rotatable bonds is 9. The summed E-state index contributed by atoms with van der Waals surface area (Å²) in [5, 5.41) is 31.3. The number of amides is 1. The van der Waals surface area contributed by atoms with Crippen molar-refractivity contribution in [2.45, 2.75) is 51.4 Å². The molecule has 6 N–H and O–H groups in total. The molecule has 3 unspecified atom stereocenters. The number of carbonyl (C=O) groups excluding carboxylic acids is 1. The fourth-order valence-electron chi connectivity index (χ4n) is 2.16. The Hall–Kier alpha value is -0.690. The van der Waals surface area contributed by atoms with Gasteiger partial charge in [-0.25, -0.2) is 9.13 Å². The molecule has 13 nitrogen and oxygen atoms in total. The normalized spacial score (nSPS) is 32.1. The number of allylic oxidation sites excluding steroid dienone is 1. The fraction of sp³-hybridized carbons (Fsp3) is 0.769. The average Bonchev–Trinajstić information content (AvgIpc) is 2.52. The van der Waals surface area contributed by atoms with Gasteiger partial charge < -0.3 is 35.2 Å². The predicted molar refractivity (Wildman–Crippen MR) is 92.6 cm³/mol. The second-order valence-corrected chi connectivity index (χ2v) is 9.13. The molecule has 0 saturated carbocycles. The number of nitrogens with one attached hydrogen (secondary N) is 1. The molecule has 1 rings (SSSR count). The number of phosphoric ester groups is 2. The van der Waals surface area contributed by atoms with Crippen LogP contribution < -0.4 is 5.32 Å². The maximum Gasteiger partial charge on any atom is 0.483 e. The molecule has 0 aromatic rings. The summed E-state index contributed by atoms with van der Waals surface area (Å²) >= 11 is 0. The zero-order valence-electron chi connectivity index (χ0n) is 15.4. The van der Waals surface area contributed by atoms with Gasteiger partial charge in [0.15, 0.2) is 6.29 Å². The molecule has 1 amide bonds. The highest BCUT2D eigenvalue weighted by Crippen LogP contribution is 2.61. The van der Waals surface area contributed by atoms with Crippen LogP contribution in [0.25, 0.3) is 0 Å². The summed E-state index contributed by atoms with van der Waals surface area (Å²) in [5.41, 5.74) is 0.750. The minimum Gasteiger partial charge on any atom is -0.394 e. The average molecular weight is 449 g/mol. The predicted octanol–water partition coefficient (Wildman–Crippen LogP) is -0.853. The van der Waals surface area contributed by atoms with E-state index in [0.29, 0.717) is 0 Å². The maximum atomic E-state index is 12.1. The lowest BCUT2D eigenvalue weighted by atomic mass is 9.97. The van der Waals surface area contributed by atoms with Gasteiger partial charge in [-0.15, -0.1) is 0 Å². The molecule has 1 heterocycles. The third-order valence-corrected chi connectivity index (χ3v) is 6.02. The highest BCUT2D eigenvalue weighted by molar-refractivity contribution is 7.61. The van der Waals surface area contributed by atoms with E-state index < -0.39 is 58.8 Å². The lowest BCUT2D eigenvalue weighted by Gasteiger charge is -2.42. The molecule has 1 aliphatic heterocycles. The summed E-state index contributed by atoms with van der Waals surface area (Å²) < 4.78 is 42.2. The summed E-state index contributed by atoms with van der Waals surface area (Å²) in [6.45, 7) is 3.25. The summed E-state index contributed by atoms with van der Waals surface area (Å²) in [5.74, 6) is -0.706. The second-order valence-electron chi connectivity index (χ2n) is 6.13. The van der Waals surface area contributed by atoms with Gasteiger partial charge in [0.05, 0.1) is 13.2 Å². The van der Waals surface area contributed by atoms with Crippen molar-refractivity contribution >= 4 is 21.6 Å². The number of ether oxygens (including phenoxy) is 1. The summed E-state index contributed by atoms with van der Waals surface area (Å²) in [6.07, 6.45) is -5.34. The van der Waals surface area contributed by atoms with Gasteiger partial charge in [0.1, 0.15) is 24.4 Å². The minimum atomic E-state index is -5.32. The Labute approximate surface area is 161 Å². The van der Waals surface area contributed by atoms with Gasteiger partial charge in [-0.2, -0.15) is 4.31 Å². The van der Waals surface area contributed by atoms with Crippen LogP contribution in [-0.4, -0.2) is 74.9 Å². The number of phosphoric acid groups is 2. The van der Waals surface area contributed by atoms with E-state index in [-0.39, 0.29) is 6.61 Å². The number of aliphatic hydroxyl groups excluding tert-OH is 3. The van der Waals surface area contributed by atoms with Crippen LogP contribution in [0.15, 0.2) is 11.6 Å². The second kappa shape index (κ2) is 10.4. The zero-order chi connectivity index (χ0) is 21.7. The van der Waals surface area contributed by atoms with Crippen LogP contribution in [-0.2, 0) is 32.0 Å². The van der Waals surface area contributed by atoms with Crippen LogP contribution in [0.3, 0.4) is 0 Å². The molecular formula is C13H25NO12P2. The first-order valence-corrected chi connectivity index (χ1v) is 11.0. The van der Waals surface area contributed by atoms with E-state index in [2.05, 4.69) is 18.7 Å². The van der Waals surface area contributed by atoms with Gasteiger partial charge in [-0.05, 0) is 13.8 Å². The molecule has 15 heteroatoms. The van der Waals surface area contributed by atoms with Crippen molar-refractivity contribution in [2.75, 3.05) is 13.2 Å². The first-order chi connectivity index (χ1) is 12.8. The standard InChI is InChI=1S/C13H25NO12P2/c1-7(2)4-5-23-27(19,20)26-28(21,22)25-13-10(14-8(3)16)12(18)11(17)9(6-15)24-13/h4,9-13,15,17-18H,5-6H2,1-3H3,(H,14,16)(H,19,20)(H,21,22)/t9-,10-,11-,12-,13?/m1/s1. The first-order valence-electron chi connectivity index (χ1n) is 8.01. The third-order valence-electron chi connectivity index (χ3n) is 3.42. The summed E-state index contributed by atoms with van der Waals surface area (Å²) in [7, 11) is -10.3. The van der Waals surface area contributed by atoms with Crippen molar-refractivity contribution in [1.82, 2.24) is 5.32 Å². The van der Waals surface area contributed by atoms with E-state index in [1.165, 1.54) is 6.08 Å². The zero-order valence-corrected chi connectivity index (χ0v) is 17.2. The van der Waals surface area contributed by atoms with Crippen molar-refractivity contribution in [2.24, 2.45) is 0 Å². The van der Waals surface area contributed by atoms with E-state index in [4.69, 9.17) is 4.74 Å². The van der Waals surface area contributed by atoms with Crippen LogP contribution in [0, 0.1) is 0 Å². The van der Waals surface area contributed by atoms with Crippen LogP contribution >= 0.6 is 15.6 Å². The number of hydrogen-bond acceptors (Lipinski definition) is 10. The van der Waals surface area contributed by atoms with Crippen molar-refractivity contribution in [3.63, 3.8) is 0 Å². The molecule has 0 aliphatic carbocycles. The van der Waals surface area contributed by atoms with E-state index in [1.807, 2.05) is 0 Å². The monoisotopic (exact) mass is 449 g/mol. The van der Waals surface area contributed by atoms with Crippen LogP contribution in [0.1, 0.15) is 20.8 Å². The minimum absolute atomic E-state index is 0.387. The molecule has 1 fully saturated rings. The fourth-order valence-corrected chi connectivity index (χ4v) is 4.25. The third kappa shape index (κ3) is 7.97. The molecule has 164 valence electrons. The molecule has 1 aliphatic rings. The first kappa shape index (κ1) is 25.3. The van der Waals surface area contributed by atoms with Gasteiger partial charge in [-0.3, -0.25) is 13.8 Å². The van der Waals surface area contributed by atoms with Crippen molar-refractivity contribution < 1.29 is 57.1 Å². The lowest BCUT2D eigenvalue weighted by Crippen LogP contribution is -2.64. The van der Waals surface area contributed by atoms with Crippen LogP contribution in [0.4, 0.5) is 0 Å².